The molecule has 0 aromatic heterocycles. The maximum atomic E-state index is 12.6. The van der Waals surface area contributed by atoms with Crippen molar-refractivity contribution in [2.24, 2.45) is 5.92 Å². The van der Waals surface area contributed by atoms with Crippen LogP contribution in [0, 0.1) is 5.92 Å². The first-order valence-electron chi connectivity index (χ1n) is 7.53. The number of hydrogen-bond donors (Lipinski definition) is 0. The van der Waals surface area contributed by atoms with Crippen molar-refractivity contribution in [1.29, 1.82) is 0 Å². The number of hydrogen-bond acceptors (Lipinski definition) is 2. The zero-order chi connectivity index (χ0) is 14.8. The number of ketones is 1. The molecule has 108 valence electrons. The molecular weight excluding hydrogens is 260 g/mol. The Morgan fingerprint density at radius 3 is 2.76 bits per heavy atom. The second-order valence-corrected chi connectivity index (χ2v) is 6.05. The van der Waals surface area contributed by atoms with E-state index in [0.717, 1.165) is 41.9 Å². The van der Waals surface area contributed by atoms with Gasteiger partial charge in [-0.05, 0) is 47.7 Å². The Labute approximate surface area is 125 Å². The number of rotatable bonds is 4. The van der Waals surface area contributed by atoms with Crippen LogP contribution in [0.15, 0.2) is 42.5 Å². The second-order valence-electron chi connectivity index (χ2n) is 6.05. The minimum atomic E-state index is 0.0929. The molecule has 21 heavy (non-hydrogen) atoms. The Balaban J connectivity index is 1.88. The van der Waals surface area contributed by atoms with Gasteiger partial charge >= 0.3 is 0 Å². The summed E-state index contributed by atoms with van der Waals surface area (Å²) in [7, 11) is 0. The van der Waals surface area contributed by atoms with Crippen molar-refractivity contribution in [3.63, 3.8) is 0 Å². The average Bonchev–Trinajstić information content (AvgIpc) is 2.93. The standard InChI is InChI=1S/C19H20O2/c1-13(2)10-14-4-3-5-16(11-14)19(20)17-6-7-18-15(12-17)8-9-21-18/h3-7,11-13H,8-10H2,1-2H3. The zero-order valence-electron chi connectivity index (χ0n) is 12.6. The molecular formula is C19H20O2. The summed E-state index contributed by atoms with van der Waals surface area (Å²) >= 11 is 0. The van der Waals surface area contributed by atoms with Crippen LogP contribution >= 0.6 is 0 Å². The fraction of sp³-hybridized carbons (Fsp3) is 0.316. The number of benzene rings is 2. The summed E-state index contributed by atoms with van der Waals surface area (Å²) in [5, 5.41) is 0. The first kappa shape index (κ1) is 13.9. The van der Waals surface area contributed by atoms with Gasteiger partial charge in [-0.1, -0.05) is 32.0 Å². The summed E-state index contributed by atoms with van der Waals surface area (Å²) in [5.74, 6) is 1.60. The molecule has 2 aromatic rings. The molecule has 1 heterocycles. The van der Waals surface area contributed by atoms with Gasteiger partial charge in [0.1, 0.15) is 5.75 Å². The van der Waals surface area contributed by atoms with E-state index >= 15 is 0 Å². The maximum Gasteiger partial charge on any atom is 0.193 e. The minimum absolute atomic E-state index is 0.0929. The van der Waals surface area contributed by atoms with Crippen LogP contribution in [0.5, 0.6) is 5.75 Å². The first-order chi connectivity index (χ1) is 10.1. The van der Waals surface area contributed by atoms with Crippen molar-refractivity contribution in [2.75, 3.05) is 6.61 Å². The van der Waals surface area contributed by atoms with Gasteiger partial charge < -0.3 is 4.74 Å². The molecule has 2 nitrogen and oxygen atoms in total. The van der Waals surface area contributed by atoms with Crippen LogP contribution in [0.2, 0.25) is 0 Å². The van der Waals surface area contributed by atoms with Crippen LogP contribution in [-0.4, -0.2) is 12.4 Å². The Bertz CT molecular complexity index is 671. The summed E-state index contributed by atoms with van der Waals surface area (Å²) in [6, 6.07) is 13.7. The van der Waals surface area contributed by atoms with Crippen LogP contribution < -0.4 is 4.74 Å². The van der Waals surface area contributed by atoms with E-state index in [0.29, 0.717) is 5.92 Å². The Kier molecular flexibility index (Phi) is 3.78. The van der Waals surface area contributed by atoms with E-state index < -0.39 is 0 Å². The molecule has 0 N–H and O–H groups in total. The first-order valence-corrected chi connectivity index (χ1v) is 7.53. The molecule has 1 aliphatic rings. The van der Waals surface area contributed by atoms with Crippen molar-refractivity contribution >= 4 is 5.78 Å². The number of ether oxygens (including phenoxy) is 1. The molecule has 2 aromatic carbocycles. The lowest BCUT2D eigenvalue weighted by Gasteiger charge is -2.08. The van der Waals surface area contributed by atoms with E-state index in [2.05, 4.69) is 19.9 Å². The van der Waals surface area contributed by atoms with Gasteiger partial charge in [0.25, 0.3) is 0 Å². The molecule has 0 amide bonds. The summed E-state index contributed by atoms with van der Waals surface area (Å²) in [4.78, 5) is 12.6. The van der Waals surface area contributed by atoms with Gasteiger partial charge in [0.2, 0.25) is 0 Å². The highest BCUT2D eigenvalue weighted by molar-refractivity contribution is 6.09. The molecule has 0 aliphatic carbocycles. The molecule has 0 unspecified atom stereocenters. The van der Waals surface area contributed by atoms with Gasteiger partial charge in [0, 0.05) is 17.5 Å². The maximum absolute atomic E-state index is 12.6. The smallest absolute Gasteiger partial charge is 0.193 e. The minimum Gasteiger partial charge on any atom is -0.493 e. The molecule has 0 radical (unpaired) electrons. The Hall–Kier alpha value is -2.09. The third-order valence-corrected chi connectivity index (χ3v) is 3.78. The van der Waals surface area contributed by atoms with Crippen LogP contribution in [0.1, 0.15) is 40.9 Å². The summed E-state index contributed by atoms with van der Waals surface area (Å²) in [5.41, 5.74) is 3.88. The van der Waals surface area contributed by atoms with Gasteiger partial charge in [0.15, 0.2) is 5.78 Å². The van der Waals surface area contributed by atoms with Gasteiger partial charge in [-0.3, -0.25) is 4.79 Å². The Morgan fingerprint density at radius 1 is 1.14 bits per heavy atom. The van der Waals surface area contributed by atoms with Gasteiger partial charge in [-0.15, -0.1) is 0 Å². The lowest BCUT2D eigenvalue weighted by Crippen LogP contribution is -2.03. The topological polar surface area (TPSA) is 26.3 Å². The summed E-state index contributed by atoms with van der Waals surface area (Å²) < 4.78 is 5.49. The quantitative estimate of drug-likeness (QED) is 0.790. The predicted octanol–water partition coefficient (Wildman–Crippen LogP) is 4.05. The largest absolute Gasteiger partial charge is 0.493 e. The van der Waals surface area contributed by atoms with Crippen LogP contribution in [-0.2, 0) is 12.8 Å². The highest BCUT2D eigenvalue weighted by Gasteiger charge is 2.16. The van der Waals surface area contributed by atoms with Crippen molar-refractivity contribution in [1.82, 2.24) is 0 Å². The van der Waals surface area contributed by atoms with Gasteiger partial charge in [-0.2, -0.15) is 0 Å². The zero-order valence-corrected chi connectivity index (χ0v) is 12.6. The van der Waals surface area contributed by atoms with E-state index in [1.165, 1.54) is 5.56 Å². The molecule has 0 spiro atoms. The molecule has 0 saturated carbocycles. The van der Waals surface area contributed by atoms with Crippen molar-refractivity contribution in [3.05, 3.63) is 64.7 Å². The van der Waals surface area contributed by atoms with E-state index in [9.17, 15) is 4.79 Å². The molecule has 0 fully saturated rings. The van der Waals surface area contributed by atoms with Crippen LogP contribution in [0.3, 0.4) is 0 Å². The van der Waals surface area contributed by atoms with E-state index in [1.807, 2.05) is 36.4 Å². The number of carbonyl (C=O) groups is 1. The normalized spacial score (nSPS) is 13.1. The molecule has 3 rings (SSSR count). The average molecular weight is 280 g/mol. The van der Waals surface area contributed by atoms with Crippen LogP contribution in [0.25, 0.3) is 0 Å². The van der Waals surface area contributed by atoms with Crippen molar-refractivity contribution in [3.8, 4) is 5.75 Å². The van der Waals surface area contributed by atoms with Crippen molar-refractivity contribution < 1.29 is 9.53 Å². The van der Waals surface area contributed by atoms with Crippen LogP contribution in [0.4, 0.5) is 0 Å². The fourth-order valence-corrected chi connectivity index (χ4v) is 2.81. The second kappa shape index (κ2) is 5.72. The SMILES string of the molecule is CC(C)Cc1cccc(C(=O)c2ccc3c(c2)CCO3)c1. The van der Waals surface area contributed by atoms with E-state index in [4.69, 9.17) is 4.74 Å². The fourth-order valence-electron chi connectivity index (χ4n) is 2.81. The van der Waals surface area contributed by atoms with Crippen molar-refractivity contribution in [2.45, 2.75) is 26.7 Å². The molecule has 0 saturated heterocycles. The van der Waals surface area contributed by atoms with E-state index in [1.54, 1.807) is 0 Å². The monoisotopic (exact) mass is 280 g/mol. The van der Waals surface area contributed by atoms with E-state index in [-0.39, 0.29) is 5.78 Å². The van der Waals surface area contributed by atoms with Gasteiger partial charge in [0.05, 0.1) is 6.61 Å². The third-order valence-electron chi connectivity index (χ3n) is 3.78. The lowest BCUT2D eigenvalue weighted by molar-refractivity contribution is 0.103. The Morgan fingerprint density at radius 2 is 1.95 bits per heavy atom. The van der Waals surface area contributed by atoms with Gasteiger partial charge in [-0.25, -0.2) is 0 Å². The summed E-state index contributed by atoms with van der Waals surface area (Å²) in [6.07, 6.45) is 1.89. The highest BCUT2D eigenvalue weighted by atomic mass is 16.5. The molecule has 2 heteroatoms. The predicted molar refractivity (Wildman–Crippen MR) is 84.1 cm³/mol. The third kappa shape index (κ3) is 2.99. The number of carbonyl (C=O) groups excluding carboxylic acids is 1. The number of fused-ring (bicyclic) bond motifs is 1. The molecule has 0 bridgehead atoms. The summed E-state index contributed by atoms with van der Waals surface area (Å²) in [6.45, 7) is 5.10. The molecule has 1 aliphatic heterocycles. The highest BCUT2D eigenvalue weighted by Crippen LogP contribution is 2.27. The lowest BCUT2D eigenvalue weighted by atomic mass is 9.96. The molecule has 0 atom stereocenters.